The second-order valence-corrected chi connectivity index (χ2v) is 7.96. The molecule has 4 rings (SSSR count). The highest BCUT2D eigenvalue weighted by Gasteiger charge is 2.18. The number of amides is 3. The number of aromatic amines is 1. The number of benzene rings is 2. The molecule has 2 heterocycles. The highest BCUT2D eigenvalue weighted by Crippen LogP contribution is 2.18. The van der Waals surface area contributed by atoms with Crippen LogP contribution in [0.1, 0.15) is 27.2 Å². The number of carbonyl (C=O) groups excluding carboxylic acids is 3. The Hall–Kier alpha value is -4.40. The molecule has 0 fully saturated rings. The van der Waals surface area contributed by atoms with Crippen molar-refractivity contribution < 1.29 is 14.4 Å². The van der Waals surface area contributed by atoms with Crippen molar-refractivity contribution in [2.24, 2.45) is 7.05 Å². The summed E-state index contributed by atoms with van der Waals surface area (Å²) in [5, 5.41) is 13.3. The van der Waals surface area contributed by atoms with Gasteiger partial charge in [0, 0.05) is 49.0 Å². The number of H-pyrrole nitrogens is 1. The summed E-state index contributed by atoms with van der Waals surface area (Å²) in [4.78, 5) is 40.7. The molecule has 2 aromatic heterocycles. The first-order valence-corrected chi connectivity index (χ1v) is 10.9. The molecule has 174 valence electrons. The number of rotatable bonds is 7. The Morgan fingerprint density at radius 1 is 0.971 bits per heavy atom. The van der Waals surface area contributed by atoms with Crippen molar-refractivity contribution in [3.8, 4) is 0 Å². The summed E-state index contributed by atoms with van der Waals surface area (Å²) >= 11 is 0. The van der Waals surface area contributed by atoms with Gasteiger partial charge in [0.1, 0.15) is 0 Å². The van der Waals surface area contributed by atoms with Gasteiger partial charge in [-0.3, -0.25) is 19.1 Å². The van der Waals surface area contributed by atoms with Gasteiger partial charge in [-0.1, -0.05) is 30.3 Å². The van der Waals surface area contributed by atoms with E-state index < -0.39 is 11.8 Å². The Balaban J connectivity index is 1.34. The summed E-state index contributed by atoms with van der Waals surface area (Å²) in [7, 11) is 1.79. The quantitative estimate of drug-likeness (QED) is 0.318. The fraction of sp³-hybridized carbons (Fsp3) is 0.200. The van der Waals surface area contributed by atoms with E-state index in [1.165, 1.54) is 0 Å². The fourth-order valence-electron chi connectivity index (χ4n) is 3.79. The van der Waals surface area contributed by atoms with E-state index >= 15 is 0 Å². The van der Waals surface area contributed by atoms with E-state index in [9.17, 15) is 14.4 Å². The second-order valence-electron chi connectivity index (χ2n) is 7.96. The lowest BCUT2D eigenvalue weighted by atomic mass is 10.1. The van der Waals surface area contributed by atoms with Crippen molar-refractivity contribution in [1.82, 2.24) is 25.4 Å². The van der Waals surface area contributed by atoms with Crippen LogP contribution >= 0.6 is 0 Å². The number of hydrogen-bond acceptors (Lipinski definition) is 4. The van der Waals surface area contributed by atoms with Crippen LogP contribution in [0.3, 0.4) is 0 Å². The number of hydrogen-bond donors (Lipinski definition) is 4. The number of nitrogens with one attached hydrogen (secondary N) is 4. The molecule has 0 bridgehead atoms. The minimum absolute atomic E-state index is 0.182. The normalized spacial score (nSPS) is 10.8. The summed E-state index contributed by atoms with van der Waals surface area (Å²) in [5.41, 5.74) is 4.30. The summed E-state index contributed by atoms with van der Waals surface area (Å²) in [6, 6.07) is 14.6. The molecule has 0 aliphatic carbocycles. The second kappa shape index (κ2) is 10.0. The van der Waals surface area contributed by atoms with Crippen LogP contribution < -0.4 is 16.0 Å². The van der Waals surface area contributed by atoms with Gasteiger partial charge < -0.3 is 20.9 Å². The Kier molecular flexibility index (Phi) is 6.72. The number of aryl methyl sites for hydroxylation is 2. The molecule has 0 spiro atoms. The van der Waals surface area contributed by atoms with Crippen molar-refractivity contribution in [2.75, 3.05) is 11.9 Å². The number of carbonyl (C=O) groups is 3. The Labute approximate surface area is 196 Å². The van der Waals surface area contributed by atoms with Gasteiger partial charge in [0.25, 0.3) is 5.91 Å². The van der Waals surface area contributed by atoms with Crippen LogP contribution in [0.5, 0.6) is 0 Å². The van der Waals surface area contributed by atoms with E-state index in [1.54, 1.807) is 42.2 Å². The molecule has 0 unspecified atom stereocenters. The molecule has 0 atom stereocenters. The third kappa shape index (κ3) is 5.15. The maximum atomic E-state index is 12.8. The average Bonchev–Trinajstić information content (AvgIpc) is 3.39. The van der Waals surface area contributed by atoms with Crippen molar-refractivity contribution in [1.29, 1.82) is 0 Å². The van der Waals surface area contributed by atoms with Crippen LogP contribution in [-0.2, 0) is 29.6 Å². The molecule has 34 heavy (non-hydrogen) atoms. The molecule has 0 saturated heterocycles. The van der Waals surface area contributed by atoms with E-state index in [-0.39, 0.29) is 23.7 Å². The minimum atomic E-state index is -0.847. The number of fused-ring (bicyclic) bond motifs is 1. The molecule has 0 aliphatic rings. The standard InChI is InChI=1S/C25H26N6O3/c1-16-18(15-31(2)30-16)14-28-24(33)25(34)29-22-10-6-4-8-20(22)23(32)26-12-11-17-13-27-21-9-5-3-7-19(17)21/h3-10,13,15,27H,11-12,14H2,1-2H3,(H,26,32)(H,28,33)(H,29,34). The lowest BCUT2D eigenvalue weighted by Gasteiger charge is -2.11. The molecule has 4 N–H and O–H groups in total. The summed E-state index contributed by atoms with van der Waals surface area (Å²) in [6.07, 6.45) is 4.38. The topological polar surface area (TPSA) is 121 Å². The van der Waals surface area contributed by atoms with Gasteiger partial charge in [-0.25, -0.2) is 0 Å². The molecular weight excluding hydrogens is 432 g/mol. The third-order valence-corrected chi connectivity index (χ3v) is 5.54. The Bertz CT molecular complexity index is 1350. The molecule has 9 nitrogen and oxygen atoms in total. The fourth-order valence-corrected chi connectivity index (χ4v) is 3.79. The zero-order chi connectivity index (χ0) is 24.1. The SMILES string of the molecule is Cc1nn(C)cc1CNC(=O)C(=O)Nc1ccccc1C(=O)NCCc1c[nH]c2ccccc12. The Morgan fingerprint density at radius 3 is 2.53 bits per heavy atom. The predicted molar refractivity (Wildman–Crippen MR) is 129 cm³/mol. The van der Waals surface area contributed by atoms with Gasteiger partial charge in [0.15, 0.2) is 0 Å². The van der Waals surface area contributed by atoms with Crippen LogP contribution in [0.15, 0.2) is 60.9 Å². The van der Waals surface area contributed by atoms with E-state index in [4.69, 9.17) is 0 Å². The molecule has 3 amide bonds. The lowest BCUT2D eigenvalue weighted by Crippen LogP contribution is -2.35. The molecule has 2 aromatic carbocycles. The van der Waals surface area contributed by atoms with E-state index in [0.717, 1.165) is 27.7 Å². The van der Waals surface area contributed by atoms with E-state index in [0.29, 0.717) is 13.0 Å². The zero-order valence-electron chi connectivity index (χ0n) is 19.0. The highest BCUT2D eigenvalue weighted by atomic mass is 16.2. The van der Waals surface area contributed by atoms with Crippen molar-refractivity contribution in [3.63, 3.8) is 0 Å². The molecule has 0 radical (unpaired) electrons. The van der Waals surface area contributed by atoms with Crippen molar-refractivity contribution in [3.05, 3.63) is 83.3 Å². The first-order valence-electron chi connectivity index (χ1n) is 10.9. The maximum absolute atomic E-state index is 12.8. The summed E-state index contributed by atoms with van der Waals surface area (Å²) in [5.74, 6) is -1.97. The molecular formula is C25H26N6O3. The van der Waals surface area contributed by atoms with Crippen molar-refractivity contribution >= 4 is 34.3 Å². The van der Waals surface area contributed by atoms with Crippen LogP contribution in [0, 0.1) is 6.92 Å². The third-order valence-electron chi connectivity index (χ3n) is 5.54. The predicted octanol–water partition coefficient (Wildman–Crippen LogP) is 2.44. The van der Waals surface area contributed by atoms with Crippen LogP contribution in [0.4, 0.5) is 5.69 Å². The summed E-state index contributed by atoms with van der Waals surface area (Å²) < 4.78 is 1.64. The average molecular weight is 459 g/mol. The van der Waals surface area contributed by atoms with Crippen molar-refractivity contribution in [2.45, 2.75) is 19.9 Å². The smallest absolute Gasteiger partial charge is 0.313 e. The molecule has 0 aliphatic heterocycles. The van der Waals surface area contributed by atoms with Gasteiger partial charge in [0.05, 0.1) is 16.9 Å². The first kappa shape index (κ1) is 22.8. The minimum Gasteiger partial charge on any atom is -0.361 e. The largest absolute Gasteiger partial charge is 0.361 e. The van der Waals surface area contributed by atoms with Crippen LogP contribution in [0.2, 0.25) is 0 Å². The van der Waals surface area contributed by atoms with Crippen LogP contribution in [0.25, 0.3) is 10.9 Å². The molecule has 0 saturated carbocycles. The maximum Gasteiger partial charge on any atom is 0.313 e. The number of anilines is 1. The number of nitrogens with zero attached hydrogens (tertiary/aromatic N) is 2. The first-order chi connectivity index (χ1) is 16.4. The van der Waals surface area contributed by atoms with Gasteiger partial charge >= 0.3 is 11.8 Å². The monoisotopic (exact) mass is 458 g/mol. The van der Waals surface area contributed by atoms with Gasteiger partial charge in [-0.2, -0.15) is 5.10 Å². The molecule has 4 aromatic rings. The van der Waals surface area contributed by atoms with Gasteiger partial charge in [-0.05, 0) is 37.1 Å². The number of aromatic nitrogens is 3. The van der Waals surface area contributed by atoms with E-state index in [2.05, 4.69) is 26.0 Å². The Morgan fingerprint density at radius 2 is 1.74 bits per heavy atom. The van der Waals surface area contributed by atoms with Crippen LogP contribution in [-0.4, -0.2) is 39.0 Å². The number of para-hydroxylation sites is 2. The lowest BCUT2D eigenvalue weighted by molar-refractivity contribution is -0.136. The summed E-state index contributed by atoms with van der Waals surface area (Å²) in [6.45, 7) is 2.44. The zero-order valence-corrected chi connectivity index (χ0v) is 19.0. The van der Waals surface area contributed by atoms with Gasteiger partial charge in [-0.15, -0.1) is 0 Å². The van der Waals surface area contributed by atoms with E-state index in [1.807, 2.05) is 37.4 Å². The molecule has 9 heteroatoms. The van der Waals surface area contributed by atoms with Gasteiger partial charge in [0.2, 0.25) is 0 Å². The highest BCUT2D eigenvalue weighted by molar-refractivity contribution is 6.40.